The maximum atomic E-state index is 12.9. The van der Waals surface area contributed by atoms with Crippen molar-refractivity contribution < 1.29 is 23.3 Å². The van der Waals surface area contributed by atoms with Gasteiger partial charge in [-0.25, -0.2) is 9.82 Å². The number of hydrazone groups is 1. The van der Waals surface area contributed by atoms with Gasteiger partial charge in [-0.1, -0.05) is 12.1 Å². The first-order valence-corrected chi connectivity index (χ1v) is 8.45. The molecule has 8 nitrogen and oxygen atoms in total. The number of nitro benzene ring substituents is 1. The zero-order valence-corrected chi connectivity index (χ0v) is 15.3. The van der Waals surface area contributed by atoms with Gasteiger partial charge in [0.2, 0.25) is 5.91 Å². The van der Waals surface area contributed by atoms with Crippen molar-refractivity contribution in [2.24, 2.45) is 5.10 Å². The summed E-state index contributed by atoms with van der Waals surface area (Å²) in [6, 6.07) is 13.1. The molecule has 2 aromatic carbocycles. The van der Waals surface area contributed by atoms with Crippen molar-refractivity contribution in [3.8, 4) is 17.1 Å². The summed E-state index contributed by atoms with van der Waals surface area (Å²) in [4.78, 5) is 22.2. The molecule has 0 radical (unpaired) electrons. The summed E-state index contributed by atoms with van der Waals surface area (Å²) in [5.74, 6) is 0.352. The Kier molecular flexibility index (Phi) is 5.98. The maximum Gasteiger partial charge on any atom is 0.273 e. The van der Waals surface area contributed by atoms with Gasteiger partial charge in [0.1, 0.15) is 23.1 Å². The van der Waals surface area contributed by atoms with Crippen LogP contribution in [0.15, 0.2) is 64.1 Å². The molecule has 1 N–H and O–H groups in total. The largest absolute Gasteiger partial charge is 0.496 e. The number of nitrogens with zero attached hydrogens (tertiary/aromatic N) is 2. The highest BCUT2D eigenvalue weighted by atomic mass is 19.1. The van der Waals surface area contributed by atoms with Crippen LogP contribution in [0.25, 0.3) is 11.3 Å². The number of rotatable bonds is 7. The average Bonchev–Trinajstić information content (AvgIpc) is 3.18. The van der Waals surface area contributed by atoms with E-state index in [0.717, 1.165) is 0 Å². The Morgan fingerprint density at radius 2 is 2.00 bits per heavy atom. The molecule has 148 valence electrons. The molecular weight excluding hydrogens is 381 g/mol. The van der Waals surface area contributed by atoms with Crippen molar-refractivity contribution in [2.75, 3.05) is 7.11 Å². The van der Waals surface area contributed by atoms with Crippen LogP contribution in [0.2, 0.25) is 0 Å². The Labute approximate surface area is 164 Å². The van der Waals surface area contributed by atoms with Crippen molar-refractivity contribution in [1.29, 1.82) is 0 Å². The van der Waals surface area contributed by atoms with Crippen molar-refractivity contribution in [1.82, 2.24) is 5.43 Å². The fraction of sp³-hybridized carbons (Fsp3) is 0.100. The van der Waals surface area contributed by atoms with Crippen LogP contribution in [0.4, 0.5) is 10.1 Å². The van der Waals surface area contributed by atoms with Gasteiger partial charge < -0.3 is 9.15 Å². The van der Waals surface area contributed by atoms with Crippen LogP contribution >= 0.6 is 0 Å². The van der Waals surface area contributed by atoms with E-state index >= 15 is 0 Å². The quantitative estimate of drug-likeness (QED) is 0.372. The van der Waals surface area contributed by atoms with Gasteiger partial charge in [0, 0.05) is 6.07 Å². The number of carbonyl (C=O) groups is 1. The molecule has 3 rings (SSSR count). The fourth-order valence-electron chi connectivity index (χ4n) is 2.56. The number of nitro groups is 1. The van der Waals surface area contributed by atoms with Gasteiger partial charge in [0.15, 0.2) is 0 Å². The molecule has 1 heterocycles. The highest BCUT2D eigenvalue weighted by molar-refractivity contribution is 5.82. The molecule has 29 heavy (non-hydrogen) atoms. The SMILES string of the molecule is COc1cc([N+](=O)[O-])ccc1-c1ccc(/C=N/NC(=O)Cc2ccc(F)cc2)o1. The second-order valence-electron chi connectivity index (χ2n) is 5.94. The molecule has 0 saturated heterocycles. The van der Waals surface area contributed by atoms with E-state index in [4.69, 9.17) is 9.15 Å². The molecule has 0 aliphatic carbocycles. The third-order valence-corrected chi connectivity index (χ3v) is 3.95. The molecule has 0 atom stereocenters. The number of ether oxygens (including phenoxy) is 1. The van der Waals surface area contributed by atoms with E-state index in [9.17, 15) is 19.3 Å². The van der Waals surface area contributed by atoms with Crippen LogP contribution in [0, 0.1) is 15.9 Å². The smallest absolute Gasteiger partial charge is 0.273 e. The summed E-state index contributed by atoms with van der Waals surface area (Å²) in [7, 11) is 1.41. The lowest BCUT2D eigenvalue weighted by molar-refractivity contribution is -0.384. The Bertz CT molecular complexity index is 1060. The van der Waals surface area contributed by atoms with Gasteiger partial charge in [0.05, 0.1) is 36.3 Å². The van der Waals surface area contributed by atoms with Gasteiger partial charge in [-0.15, -0.1) is 0 Å². The van der Waals surface area contributed by atoms with E-state index in [0.29, 0.717) is 28.4 Å². The Hall–Kier alpha value is -4.01. The van der Waals surface area contributed by atoms with E-state index in [-0.39, 0.29) is 23.8 Å². The zero-order chi connectivity index (χ0) is 20.8. The van der Waals surface area contributed by atoms with Gasteiger partial charge in [-0.2, -0.15) is 5.10 Å². The number of benzene rings is 2. The number of furan rings is 1. The van der Waals surface area contributed by atoms with Crippen molar-refractivity contribution in [3.63, 3.8) is 0 Å². The molecule has 0 aliphatic rings. The van der Waals surface area contributed by atoms with Gasteiger partial charge in [0.25, 0.3) is 5.69 Å². The van der Waals surface area contributed by atoms with E-state index in [1.165, 1.54) is 55.8 Å². The first kappa shape index (κ1) is 19.7. The first-order valence-electron chi connectivity index (χ1n) is 8.45. The Morgan fingerprint density at radius 3 is 2.69 bits per heavy atom. The van der Waals surface area contributed by atoms with Gasteiger partial charge in [-0.3, -0.25) is 14.9 Å². The highest BCUT2D eigenvalue weighted by Gasteiger charge is 2.15. The Balaban J connectivity index is 1.65. The number of halogens is 1. The minimum atomic E-state index is -0.513. The number of carbonyl (C=O) groups excluding carboxylic acids is 1. The summed E-state index contributed by atoms with van der Waals surface area (Å²) >= 11 is 0. The second-order valence-corrected chi connectivity index (χ2v) is 5.94. The lowest BCUT2D eigenvalue weighted by Gasteiger charge is -2.05. The van der Waals surface area contributed by atoms with Crippen LogP contribution in [0.1, 0.15) is 11.3 Å². The number of hydrogen-bond acceptors (Lipinski definition) is 6. The van der Waals surface area contributed by atoms with Crippen LogP contribution in [0.5, 0.6) is 5.75 Å². The third-order valence-electron chi connectivity index (χ3n) is 3.95. The monoisotopic (exact) mass is 397 g/mol. The lowest BCUT2D eigenvalue weighted by Crippen LogP contribution is -2.19. The van der Waals surface area contributed by atoms with Crippen LogP contribution in [-0.4, -0.2) is 24.2 Å². The molecule has 0 unspecified atom stereocenters. The predicted octanol–water partition coefficient (Wildman–Crippen LogP) is 3.70. The van der Waals surface area contributed by atoms with E-state index in [1.807, 2.05) is 0 Å². The van der Waals surface area contributed by atoms with E-state index in [1.54, 1.807) is 12.1 Å². The summed E-state index contributed by atoms with van der Waals surface area (Å²) in [6.45, 7) is 0. The molecule has 1 amide bonds. The van der Waals surface area contributed by atoms with Crippen LogP contribution in [0.3, 0.4) is 0 Å². The molecular formula is C20H16FN3O5. The van der Waals surface area contributed by atoms with Crippen molar-refractivity contribution in [3.05, 3.63) is 81.9 Å². The standard InChI is InChI=1S/C20H16FN3O5/c1-28-19-11-15(24(26)27)6-8-17(19)18-9-7-16(29-18)12-22-23-20(25)10-13-2-4-14(21)5-3-13/h2-9,11-12H,10H2,1H3,(H,23,25)/b22-12+. The number of amides is 1. The topological polar surface area (TPSA) is 107 Å². The normalized spacial score (nSPS) is 10.8. The predicted molar refractivity (Wildman–Crippen MR) is 103 cm³/mol. The molecule has 3 aromatic rings. The summed E-state index contributed by atoms with van der Waals surface area (Å²) in [6.07, 6.45) is 1.38. The fourth-order valence-corrected chi connectivity index (χ4v) is 2.56. The lowest BCUT2D eigenvalue weighted by atomic mass is 10.1. The first-order chi connectivity index (χ1) is 14.0. The zero-order valence-electron chi connectivity index (χ0n) is 15.3. The minimum absolute atomic E-state index is 0.0566. The second kappa shape index (κ2) is 8.79. The van der Waals surface area contributed by atoms with Crippen molar-refractivity contribution >= 4 is 17.8 Å². The maximum absolute atomic E-state index is 12.9. The molecule has 9 heteroatoms. The van der Waals surface area contributed by atoms with Gasteiger partial charge in [-0.05, 0) is 35.9 Å². The third kappa shape index (κ3) is 5.04. The molecule has 0 saturated carbocycles. The van der Waals surface area contributed by atoms with Crippen molar-refractivity contribution in [2.45, 2.75) is 6.42 Å². The van der Waals surface area contributed by atoms with E-state index in [2.05, 4.69) is 10.5 Å². The average molecular weight is 397 g/mol. The minimum Gasteiger partial charge on any atom is -0.496 e. The Morgan fingerprint density at radius 1 is 1.24 bits per heavy atom. The number of methoxy groups -OCH3 is 1. The molecule has 0 spiro atoms. The molecule has 0 fully saturated rings. The summed E-state index contributed by atoms with van der Waals surface area (Å²) in [5.41, 5.74) is 3.47. The van der Waals surface area contributed by atoms with E-state index < -0.39 is 4.92 Å². The summed E-state index contributed by atoms with van der Waals surface area (Å²) in [5, 5.41) is 14.7. The molecule has 1 aromatic heterocycles. The van der Waals surface area contributed by atoms with Crippen LogP contribution < -0.4 is 10.2 Å². The number of nitrogens with one attached hydrogen (secondary N) is 1. The number of non-ortho nitro benzene ring substituents is 1. The van der Waals surface area contributed by atoms with Gasteiger partial charge >= 0.3 is 0 Å². The molecule has 0 aliphatic heterocycles. The van der Waals surface area contributed by atoms with Crippen LogP contribution in [-0.2, 0) is 11.2 Å². The summed E-state index contributed by atoms with van der Waals surface area (Å²) < 4.78 is 23.7. The number of hydrogen-bond donors (Lipinski definition) is 1. The molecule has 0 bridgehead atoms. The highest BCUT2D eigenvalue weighted by Crippen LogP contribution is 2.33.